The fourth-order valence-corrected chi connectivity index (χ4v) is 3.00. The number of hydrogen-bond donors (Lipinski definition) is 1. The highest BCUT2D eigenvalue weighted by molar-refractivity contribution is 5.77. The van der Waals surface area contributed by atoms with E-state index < -0.39 is 36.2 Å². The van der Waals surface area contributed by atoms with Crippen LogP contribution < -0.4 is 15.2 Å². The Kier molecular flexibility index (Phi) is 13.8. The van der Waals surface area contributed by atoms with Gasteiger partial charge in [-0.05, 0) is 55.7 Å². The topological polar surface area (TPSA) is 140 Å². The summed E-state index contributed by atoms with van der Waals surface area (Å²) in [4.78, 5) is 48.7. The smallest absolute Gasteiger partial charge is 0.458 e. The van der Waals surface area contributed by atoms with E-state index in [1.165, 1.54) is 12.1 Å². The molecule has 0 aliphatic rings. The highest BCUT2D eigenvalue weighted by atomic mass is 16.7. The molecule has 0 radical (unpaired) electrons. The molecule has 0 spiro atoms. The first kappa shape index (κ1) is 32.9. The Hall–Kier alpha value is -3.14. The number of rotatable bonds is 14. The molecule has 0 saturated heterocycles. The first-order chi connectivity index (χ1) is 17.7. The third-order valence-corrected chi connectivity index (χ3v) is 5.34. The zero-order chi connectivity index (χ0) is 29.0. The highest BCUT2D eigenvalue weighted by Gasteiger charge is 2.22. The van der Waals surface area contributed by atoms with E-state index in [4.69, 9.17) is 29.4 Å². The van der Waals surface area contributed by atoms with Crippen LogP contribution in [0.1, 0.15) is 73.8 Å². The van der Waals surface area contributed by atoms with E-state index >= 15 is 0 Å². The summed E-state index contributed by atoms with van der Waals surface area (Å²) in [5, 5.41) is 0. The number of esters is 3. The van der Waals surface area contributed by atoms with Crippen LogP contribution in [0.25, 0.3) is 0 Å². The second-order valence-electron chi connectivity index (χ2n) is 10.6. The maximum atomic E-state index is 12.5. The highest BCUT2D eigenvalue weighted by Crippen LogP contribution is 2.30. The number of hydrogen-bond acceptors (Lipinski definition) is 10. The molecule has 0 bridgehead atoms. The van der Waals surface area contributed by atoms with Gasteiger partial charge in [0.25, 0.3) is 0 Å². The molecule has 0 heterocycles. The lowest BCUT2D eigenvalue weighted by Crippen LogP contribution is -2.37. The van der Waals surface area contributed by atoms with Crippen molar-refractivity contribution in [3.8, 4) is 11.5 Å². The Labute approximate surface area is 225 Å². The largest absolute Gasteiger partial charge is 0.508 e. The summed E-state index contributed by atoms with van der Waals surface area (Å²) in [5.74, 6) is -1.14. The van der Waals surface area contributed by atoms with Crippen molar-refractivity contribution in [2.45, 2.75) is 92.9 Å². The van der Waals surface area contributed by atoms with Crippen LogP contribution >= 0.6 is 0 Å². The van der Waals surface area contributed by atoms with E-state index in [2.05, 4.69) is 0 Å². The molecule has 214 valence electrons. The van der Waals surface area contributed by atoms with Gasteiger partial charge in [0.2, 0.25) is 0 Å². The van der Waals surface area contributed by atoms with E-state index in [1.807, 2.05) is 41.5 Å². The lowest BCUT2D eigenvalue weighted by atomic mass is 10.1. The molecule has 38 heavy (non-hydrogen) atoms. The van der Waals surface area contributed by atoms with Crippen LogP contribution in [0, 0.1) is 17.8 Å². The van der Waals surface area contributed by atoms with Crippen LogP contribution in [-0.4, -0.2) is 48.9 Å². The molecule has 0 aromatic heterocycles. The van der Waals surface area contributed by atoms with Gasteiger partial charge in [0.1, 0.15) is 24.9 Å². The third kappa shape index (κ3) is 12.9. The number of nitrogens with two attached hydrogens (primary N) is 1. The number of benzene rings is 1. The second-order valence-corrected chi connectivity index (χ2v) is 10.6. The monoisotopic (exact) mass is 537 g/mol. The fourth-order valence-electron chi connectivity index (χ4n) is 3.00. The van der Waals surface area contributed by atoms with Crippen LogP contribution in [0.4, 0.5) is 4.79 Å². The van der Waals surface area contributed by atoms with Gasteiger partial charge < -0.3 is 29.4 Å². The molecule has 0 amide bonds. The molecule has 2 N–H and O–H groups in total. The summed E-state index contributed by atoms with van der Waals surface area (Å²) in [5.41, 5.74) is 6.61. The predicted octanol–water partition coefficient (Wildman–Crippen LogP) is 4.59. The van der Waals surface area contributed by atoms with Gasteiger partial charge in [-0.25, -0.2) is 4.79 Å². The SMILES string of the molecule is CC(C)CC(=O)Oc1ccc(C[C@H](N)C(=O)O[C@@H](C)COC(=O)OC(C)C(C)C)cc1OC(=O)CC(C)C. The van der Waals surface area contributed by atoms with Crippen molar-refractivity contribution in [1.82, 2.24) is 0 Å². The Morgan fingerprint density at radius 3 is 1.87 bits per heavy atom. The predicted molar refractivity (Wildman–Crippen MR) is 141 cm³/mol. The molecule has 10 nitrogen and oxygen atoms in total. The lowest BCUT2D eigenvalue weighted by Gasteiger charge is -2.19. The minimum Gasteiger partial charge on any atom is -0.458 e. The molecule has 10 heteroatoms. The molecule has 1 rings (SSSR count). The fraction of sp³-hybridized carbons (Fsp3) is 0.643. The molecule has 0 aliphatic heterocycles. The maximum absolute atomic E-state index is 12.5. The average Bonchev–Trinajstić information content (AvgIpc) is 2.78. The van der Waals surface area contributed by atoms with E-state index in [0.717, 1.165) is 0 Å². The van der Waals surface area contributed by atoms with Crippen molar-refractivity contribution in [1.29, 1.82) is 0 Å². The van der Waals surface area contributed by atoms with E-state index in [0.29, 0.717) is 5.56 Å². The summed E-state index contributed by atoms with van der Waals surface area (Å²) in [7, 11) is 0. The Morgan fingerprint density at radius 2 is 1.34 bits per heavy atom. The quantitative estimate of drug-likeness (QED) is 0.265. The lowest BCUT2D eigenvalue weighted by molar-refractivity contribution is -0.152. The van der Waals surface area contributed by atoms with Gasteiger partial charge in [0.15, 0.2) is 11.5 Å². The zero-order valence-electron chi connectivity index (χ0n) is 23.8. The van der Waals surface area contributed by atoms with Gasteiger partial charge in [-0.15, -0.1) is 0 Å². The van der Waals surface area contributed by atoms with Gasteiger partial charge in [0.05, 0.1) is 0 Å². The Morgan fingerprint density at radius 1 is 0.789 bits per heavy atom. The normalized spacial score (nSPS) is 13.6. The van der Waals surface area contributed by atoms with Crippen LogP contribution in [-0.2, 0) is 35.0 Å². The van der Waals surface area contributed by atoms with Crippen LogP contribution in [0.3, 0.4) is 0 Å². The van der Waals surface area contributed by atoms with Crippen LogP contribution in [0.5, 0.6) is 11.5 Å². The Bertz CT molecular complexity index is 942. The minimum atomic E-state index is -1.04. The van der Waals surface area contributed by atoms with Crippen LogP contribution in [0.2, 0.25) is 0 Å². The summed E-state index contributed by atoms with van der Waals surface area (Å²) in [6, 6.07) is 3.61. The molecule has 1 aromatic carbocycles. The molecule has 1 unspecified atom stereocenters. The van der Waals surface area contributed by atoms with E-state index in [9.17, 15) is 19.2 Å². The number of carbonyl (C=O) groups is 4. The maximum Gasteiger partial charge on any atom is 0.508 e. The molecule has 0 fully saturated rings. The molecule has 0 saturated carbocycles. The molecular formula is C28H43NO9. The van der Waals surface area contributed by atoms with Crippen molar-refractivity contribution in [2.75, 3.05) is 6.61 Å². The first-order valence-electron chi connectivity index (χ1n) is 13.0. The standard InChI is InChI=1S/C28H43NO9/c1-16(2)11-25(30)37-23-10-9-21(14-24(23)38-26(31)12-17(3)4)13-22(29)27(32)35-19(7)15-34-28(33)36-20(8)18(5)6/h9-10,14,16-20,22H,11-13,15,29H2,1-8H3/t19-,20?,22-/m0/s1. The number of carbonyl (C=O) groups excluding carboxylic acids is 4. The summed E-state index contributed by atoms with van der Waals surface area (Å²) in [6.45, 7) is 14.5. The molecule has 3 atom stereocenters. The van der Waals surface area contributed by atoms with Crippen molar-refractivity contribution >= 4 is 24.1 Å². The summed E-state index contributed by atoms with van der Waals surface area (Å²) in [6.07, 6.45) is -1.45. The average molecular weight is 538 g/mol. The van der Waals surface area contributed by atoms with Crippen molar-refractivity contribution in [2.24, 2.45) is 23.5 Å². The Balaban J connectivity index is 2.82. The number of ether oxygens (including phenoxy) is 5. The van der Waals surface area contributed by atoms with Gasteiger partial charge in [0, 0.05) is 12.8 Å². The van der Waals surface area contributed by atoms with E-state index in [1.54, 1.807) is 19.9 Å². The zero-order valence-corrected chi connectivity index (χ0v) is 23.8. The van der Waals surface area contributed by atoms with Gasteiger partial charge in [-0.3, -0.25) is 14.4 Å². The molecule has 1 aromatic rings. The van der Waals surface area contributed by atoms with Crippen molar-refractivity contribution < 1.29 is 42.9 Å². The molecule has 0 aliphatic carbocycles. The van der Waals surface area contributed by atoms with Crippen molar-refractivity contribution in [3.05, 3.63) is 23.8 Å². The summed E-state index contributed by atoms with van der Waals surface area (Å²) >= 11 is 0. The van der Waals surface area contributed by atoms with Crippen molar-refractivity contribution in [3.63, 3.8) is 0 Å². The summed E-state index contributed by atoms with van der Waals surface area (Å²) < 4.78 is 26.3. The van der Waals surface area contributed by atoms with E-state index in [-0.39, 0.29) is 61.2 Å². The van der Waals surface area contributed by atoms with Gasteiger partial charge >= 0.3 is 24.1 Å². The molecular weight excluding hydrogens is 494 g/mol. The van der Waals surface area contributed by atoms with Gasteiger partial charge in [-0.2, -0.15) is 0 Å². The first-order valence-corrected chi connectivity index (χ1v) is 13.0. The minimum absolute atomic E-state index is 0.0648. The van der Waals surface area contributed by atoms with Gasteiger partial charge in [-0.1, -0.05) is 47.6 Å². The second kappa shape index (κ2) is 16.0. The third-order valence-electron chi connectivity index (χ3n) is 5.34. The van der Waals surface area contributed by atoms with Crippen LogP contribution in [0.15, 0.2) is 18.2 Å².